The normalized spacial score (nSPS) is 11.5. The van der Waals surface area contributed by atoms with Gasteiger partial charge in [0.25, 0.3) is 5.91 Å². The SMILES string of the molecule is O=C(O)c1ccc(CNC(=O)c2cc(-c3cc(F)cc(C(F)(F)F)c3)cc3ccn(Cc4ccc(-c5ccccc5)cc4)c23)cc1. The lowest BCUT2D eigenvalue weighted by molar-refractivity contribution is -0.137. The number of hydrogen-bond donors (Lipinski definition) is 2. The van der Waals surface area contributed by atoms with E-state index in [2.05, 4.69) is 5.32 Å². The van der Waals surface area contributed by atoms with Gasteiger partial charge in [0.05, 0.1) is 22.2 Å². The number of benzene rings is 5. The van der Waals surface area contributed by atoms with Gasteiger partial charge in [-0.05, 0) is 81.9 Å². The Morgan fingerprint density at radius 1 is 0.717 bits per heavy atom. The van der Waals surface area contributed by atoms with Crippen molar-refractivity contribution in [1.82, 2.24) is 9.88 Å². The molecule has 0 aliphatic carbocycles. The highest BCUT2D eigenvalue weighted by Gasteiger charge is 2.31. The van der Waals surface area contributed by atoms with Gasteiger partial charge in [-0.1, -0.05) is 66.7 Å². The van der Waals surface area contributed by atoms with Crippen molar-refractivity contribution in [3.05, 3.63) is 155 Å². The second-order valence-corrected chi connectivity index (χ2v) is 10.9. The van der Waals surface area contributed by atoms with Gasteiger partial charge in [0.2, 0.25) is 0 Å². The number of nitrogens with zero attached hydrogens (tertiary/aromatic N) is 1. The van der Waals surface area contributed by atoms with Crippen molar-refractivity contribution in [3.63, 3.8) is 0 Å². The molecule has 0 aliphatic rings. The largest absolute Gasteiger partial charge is 0.478 e. The maximum absolute atomic E-state index is 14.4. The molecule has 0 aliphatic heterocycles. The van der Waals surface area contributed by atoms with Crippen LogP contribution in [0.3, 0.4) is 0 Å². The summed E-state index contributed by atoms with van der Waals surface area (Å²) in [6, 6.07) is 31.2. The van der Waals surface area contributed by atoms with Crippen LogP contribution in [-0.4, -0.2) is 21.6 Å². The molecule has 46 heavy (non-hydrogen) atoms. The summed E-state index contributed by atoms with van der Waals surface area (Å²) >= 11 is 0. The highest BCUT2D eigenvalue weighted by atomic mass is 19.4. The minimum atomic E-state index is -4.75. The zero-order valence-corrected chi connectivity index (χ0v) is 24.2. The van der Waals surface area contributed by atoms with Crippen molar-refractivity contribution in [2.24, 2.45) is 0 Å². The molecule has 1 aromatic heterocycles. The van der Waals surface area contributed by atoms with E-state index in [4.69, 9.17) is 5.11 Å². The van der Waals surface area contributed by atoms with Gasteiger partial charge in [-0.15, -0.1) is 0 Å². The number of nitrogens with one attached hydrogen (secondary N) is 1. The smallest absolute Gasteiger partial charge is 0.416 e. The maximum Gasteiger partial charge on any atom is 0.416 e. The van der Waals surface area contributed by atoms with Crippen LogP contribution in [0, 0.1) is 5.82 Å². The Balaban J connectivity index is 1.37. The minimum Gasteiger partial charge on any atom is -0.478 e. The molecule has 6 rings (SSSR count). The number of aromatic nitrogens is 1. The summed E-state index contributed by atoms with van der Waals surface area (Å²) in [5.41, 5.74) is 3.70. The van der Waals surface area contributed by atoms with Crippen LogP contribution < -0.4 is 5.32 Å². The van der Waals surface area contributed by atoms with Crippen molar-refractivity contribution < 1.29 is 32.3 Å². The summed E-state index contributed by atoms with van der Waals surface area (Å²) in [5, 5.41) is 12.6. The van der Waals surface area contributed by atoms with Crippen molar-refractivity contribution in [1.29, 1.82) is 0 Å². The monoisotopic (exact) mass is 622 g/mol. The first-order valence-electron chi connectivity index (χ1n) is 14.3. The van der Waals surface area contributed by atoms with Crippen LogP contribution in [0.15, 0.2) is 121 Å². The Bertz CT molecular complexity index is 2050. The lowest BCUT2D eigenvalue weighted by Crippen LogP contribution is -2.23. The van der Waals surface area contributed by atoms with E-state index in [-0.39, 0.29) is 28.8 Å². The molecule has 0 unspecified atom stereocenters. The molecule has 0 saturated heterocycles. The second kappa shape index (κ2) is 12.4. The Kier molecular flexibility index (Phi) is 8.15. The number of halogens is 4. The summed E-state index contributed by atoms with van der Waals surface area (Å²) in [7, 11) is 0. The molecule has 2 N–H and O–H groups in total. The third kappa shape index (κ3) is 6.53. The van der Waals surface area contributed by atoms with Crippen LogP contribution >= 0.6 is 0 Å². The predicted molar refractivity (Wildman–Crippen MR) is 168 cm³/mol. The fourth-order valence-corrected chi connectivity index (χ4v) is 5.41. The number of carbonyl (C=O) groups excluding carboxylic acids is 1. The highest BCUT2D eigenvalue weighted by molar-refractivity contribution is 6.08. The van der Waals surface area contributed by atoms with E-state index >= 15 is 0 Å². The van der Waals surface area contributed by atoms with Gasteiger partial charge < -0.3 is 15.0 Å². The van der Waals surface area contributed by atoms with Crippen molar-refractivity contribution >= 4 is 22.8 Å². The summed E-state index contributed by atoms with van der Waals surface area (Å²) in [4.78, 5) is 24.9. The molecule has 5 aromatic carbocycles. The molecule has 9 heteroatoms. The first kappa shape index (κ1) is 30.3. The second-order valence-electron chi connectivity index (χ2n) is 10.9. The molecule has 6 aromatic rings. The topological polar surface area (TPSA) is 71.3 Å². The van der Waals surface area contributed by atoms with E-state index in [0.717, 1.165) is 28.8 Å². The number of aromatic carboxylic acids is 1. The van der Waals surface area contributed by atoms with Gasteiger partial charge in [0.1, 0.15) is 5.82 Å². The van der Waals surface area contributed by atoms with Crippen LogP contribution in [0.2, 0.25) is 0 Å². The molecule has 0 radical (unpaired) electrons. The number of fused-ring (bicyclic) bond motifs is 1. The number of carboxylic acid groups (broad SMARTS) is 1. The Morgan fingerprint density at radius 3 is 2.04 bits per heavy atom. The van der Waals surface area contributed by atoms with Gasteiger partial charge in [-0.25, -0.2) is 9.18 Å². The van der Waals surface area contributed by atoms with E-state index in [1.165, 1.54) is 18.2 Å². The van der Waals surface area contributed by atoms with Gasteiger partial charge >= 0.3 is 12.1 Å². The van der Waals surface area contributed by atoms with Gasteiger partial charge in [0, 0.05) is 24.7 Å². The van der Waals surface area contributed by atoms with Crippen LogP contribution in [0.5, 0.6) is 0 Å². The van der Waals surface area contributed by atoms with Gasteiger partial charge in [0.15, 0.2) is 0 Å². The van der Waals surface area contributed by atoms with E-state index in [1.54, 1.807) is 30.5 Å². The number of carboxylic acids is 1. The number of hydrogen-bond acceptors (Lipinski definition) is 2. The molecule has 230 valence electrons. The molecule has 0 fully saturated rings. The number of carbonyl (C=O) groups is 2. The van der Waals surface area contributed by atoms with Crippen LogP contribution in [0.4, 0.5) is 17.6 Å². The van der Waals surface area contributed by atoms with Crippen molar-refractivity contribution in [2.45, 2.75) is 19.3 Å². The molecule has 0 atom stereocenters. The van der Waals surface area contributed by atoms with E-state index in [1.807, 2.05) is 59.2 Å². The minimum absolute atomic E-state index is 0.0169. The number of amides is 1. The summed E-state index contributed by atoms with van der Waals surface area (Å²) < 4.78 is 56.8. The lowest BCUT2D eigenvalue weighted by Gasteiger charge is -2.14. The Morgan fingerprint density at radius 2 is 1.37 bits per heavy atom. The predicted octanol–water partition coefficient (Wildman–Crippen LogP) is 8.81. The average molecular weight is 623 g/mol. The van der Waals surface area contributed by atoms with Crippen molar-refractivity contribution in [3.8, 4) is 22.3 Å². The van der Waals surface area contributed by atoms with E-state index < -0.39 is 29.4 Å². The van der Waals surface area contributed by atoms with Gasteiger partial charge in [-0.3, -0.25) is 4.79 Å². The molecular formula is C37H26F4N2O3. The van der Waals surface area contributed by atoms with Crippen LogP contribution in [0.25, 0.3) is 33.2 Å². The zero-order valence-electron chi connectivity index (χ0n) is 24.2. The summed E-state index contributed by atoms with van der Waals surface area (Å²) in [5.74, 6) is -2.62. The number of rotatable bonds is 8. The summed E-state index contributed by atoms with van der Waals surface area (Å²) in [6.07, 6.45) is -2.95. The average Bonchev–Trinajstić information content (AvgIpc) is 3.46. The number of alkyl halides is 3. The molecule has 5 nitrogen and oxygen atoms in total. The van der Waals surface area contributed by atoms with E-state index in [0.29, 0.717) is 29.1 Å². The van der Waals surface area contributed by atoms with Crippen molar-refractivity contribution in [2.75, 3.05) is 0 Å². The molecule has 0 spiro atoms. The first-order valence-corrected chi connectivity index (χ1v) is 14.3. The zero-order chi connectivity index (χ0) is 32.4. The Hall–Kier alpha value is -5.70. The molecule has 1 amide bonds. The fraction of sp³-hybridized carbons (Fsp3) is 0.0811. The highest BCUT2D eigenvalue weighted by Crippen LogP contribution is 2.35. The fourth-order valence-electron chi connectivity index (χ4n) is 5.41. The lowest BCUT2D eigenvalue weighted by atomic mass is 9.98. The van der Waals surface area contributed by atoms with Crippen LogP contribution in [-0.2, 0) is 19.3 Å². The molecule has 1 heterocycles. The van der Waals surface area contributed by atoms with E-state index in [9.17, 15) is 27.2 Å². The molecule has 0 bridgehead atoms. The quantitative estimate of drug-likeness (QED) is 0.167. The molecular weight excluding hydrogens is 596 g/mol. The van der Waals surface area contributed by atoms with Gasteiger partial charge in [-0.2, -0.15) is 13.2 Å². The third-order valence-corrected chi connectivity index (χ3v) is 7.73. The maximum atomic E-state index is 14.4. The Labute approximate surface area is 261 Å². The third-order valence-electron chi connectivity index (χ3n) is 7.73. The molecule has 0 saturated carbocycles. The summed E-state index contributed by atoms with van der Waals surface area (Å²) in [6.45, 7) is 0.483. The van der Waals surface area contributed by atoms with Crippen LogP contribution in [0.1, 0.15) is 37.4 Å². The standard InChI is InChI=1S/C37H26F4N2O3/c38-32-18-30(17-31(20-32)37(39,40)41)29-16-28-14-15-43(22-24-8-10-26(11-9-24)25-4-2-1-3-5-25)34(28)33(19-29)35(44)42-21-23-6-12-27(13-7-23)36(45)46/h1-20H,21-22H2,(H,42,44)(H,45,46). The first-order chi connectivity index (χ1) is 22.0.